The van der Waals surface area contributed by atoms with Crippen molar-refractivity contribution in [2.75, 3.05) is 14.2 Å². The van der Waals surface area contributed by atoms with Gasteiger partial charge >= 0.3 is 11.6 Å². The van der Waals surface area contributed by atoms with E-state index in [1.54, 1.807) is 12.1 Å². The minimum absolute atomic E-state index is 0.0536. The van der Waals surface area contributed by atoms with Crippen molar-refractivity contribution >= 4 is 16.9 Å². The molecule has 0 atom stereocenters. The van der Waals surface area contributed by atoms with Crippen molar-refractivity contribution in [2.24, 2.45) is 0 Å². The van der Waals surface area contributed by atoms with Crippen LogP contribution in [0.25, 0.3) is 11.0 Å². The molecule has 1 heterocycles. The van der Waals surface area contributed by atoms with E-state index >= 15 is 0 Å². The lowest BCUT2D eigenvalue weighted by molar-refractivity contribution is 0.0473. The molecule has 3 rings (SSSR count). The monoisotopic (exact) mass is 382 g/mol. The molecular weight excluding hydrogens is 360 g/mol. The minimum atomic E-state index is -0.540. The summed E-state index contributed by atoms with van der Waals surface area (Å²) < 4.78 is 21.4. The zero-order valence-corrected chi connectivity index (χ0v) is 16.5. The summed E-state index contributed by atoms with van der Waals surface area (Å²) >= 11 is 0. The van der Waals surface area contributed by atoms with Crippen LogP contribution in [-0.2, 0) is 11.3 Å². The van der Waals surface area contributed by atoms with Gasteiger partial charge in [-0.25, -0.2) is 9.59 Å². The Morgan fingerprint density at radius 1 is 0.964 bits per heavy atom. The van der Waals surface area contributed by atoms with Gasteiger partial charge in [0.1, 0.15) is 23.7 Å². The van der Waals surface area contributed by atoms with Crippen LogP contribution in [0.15, 0.2) is 39.5 Å². The van der Waals surface area contributed by atoms with Crippen LogP contribution in [0.1, 0.15) is 32.6 Å². The number of benzene rings is 2. The molecule has 146 valence electrons. The van der Waals surface area contributed by atoms with Crippen molar-refractivity contribution in [2.45, 2.75) is 27.4 Å². The smallest absolute Gasteiger partial charge is 0.338 e. The fourth-order valence-corrected chi connectivity index (χ4v) is 3.07. The molecule has 0 aliphatic rings. The molecule has 0 saturated carbocycles. The summed E-state index contributed by atoms with van der Waals surface area (Å²) in [6.45, 7) is 5.62. The van der Waals surface area contributed by atoms with Crippen LogP contribution in [-0.4, -0.2) is 20.2 Å². The fraction of sp³-hybridized carbons (Fsp3) is 0.273. The summed E-state index contributed by atoms with van der Waals surface area (Å²) in [7, 11) is 3.05. The molecule has 0 bridgehead atoms. The molecule has 0 spiro atoms. The first-order valence-corrected chi connectivity index (χ1v) is 8.78. The molecule has 0 amide bonds. The second-order valence-corrected chi connectivity index (χ2v) is 6.56. The summed E-state index contributed by atoms with van der Waals surface area (Å²) in [5, 5.41) is 0.745. The Bertz CT molecular complexity index is 1080. The Kier molecular flexibility index (Phi) is 5.40. The number of esters is 1. The molecule has 0 aliphatic carbocycles. The van der Waals surface area contributed by atoms with Gasteiger partial charge in [0.15, 0.2) is 0 Å². The molecule has 0 aliphatic heterocycles. The lowest BCUT2D eigenvalue weighted by atomic mass is 10.0. The Morgan fingerprint density at radius 2 is 1.61 bits per heavy atom. The molecule has 3 aromatic rings. The Morgan fingerprint density at radius 3 is 2.21 bits per heavy atom. The van der Waals surface area contributed by atoms with Gasteiger partial charge in [0.05, 0.1) is 19.8 Å². The molecule has 0 unspecified atom stereocenters. The number of rotatable bonds is 5. The Hall–Kier alpha value is -3.28. The SMILES string of the molecule is COc1cc(C(=O)OCc2cc(=O)oc3c(C)c(C)ccc23)cc(OC)c1C. The maximum absolute atomic E-state index is 12.6. The van der Waals surface area contributed by atoms with E-state index < -0.39 is 11.6 Å². The maximum atomic E-state index is 12.6. The first-order chi connectivity index (χ1) is 13.3. The fourth-order valence-electron chi connectivity index (χ4n) is 3.07. The van der Waals surface area contributed by atoms with Gasteiger partial charge in [-0.1, -0.05) is 12.1 Å². The largest absolute Gasteiger partial charge is 0.496 e. The van der Waals surface area contributed by atoms with Crippen LogP contribution >= 0.6 is 0 Å². The average molecular weight is 382 g/mol. The topological polar surface area (TPSA) is 75.0 Å². The van der Waals surface area contributed by atoms with Gasteiger partial charge < -0.3 is 18.6 Å². The maximum Gasteiger partial charge on any atom is 0.338 e. The molecule has 6 heteroatoms. The zero-order chi connectivity index (χ0) is 20.4. The molecule has 2 aromatic carbocycles. The van der Waals surface area contributed by atoms with Crippen molar-refractivity contribution in [3.63, 3.8) is 0 Å². The lowest BCUT2D eigenvalue weighted by Crippen LogP contribution is -2.09. The number of carbonyl (C=O) groups is 1. The highest BCUT2D eigenvalue weighted by Gasteiger charge is 2.16. The van der Waals surface area contributed by atoms with Crippen LogP contribution in [0.3, 0.4) is 0 Å². The number of methoxy groups -OCH3 is 2. The van der Waals surface area contributed by atoms with Crippen LogP contribution in [0, 0.1) is 20.8 Å². The van der Waals surface area contributed by atoms with Crippen LogP contribution < -0.4 is 15.1 Å². The molecule has 0 saturated heterocycles. The Labute approximate surface area is 162 Å². The van der Waals surface area contributed by atoms with E-state index in [9.17, 15) is 9.59 Å². The van der Waals surface area contributed by atoms with Crippen molar-refractivity contribution < 1.29 is 23.4 Å². The highest BCUT2D eigenvalue weighted by molar-refractivity contribution is 5.91. The quantitative estimate of drug-likeness (QED) is 0.489. The second-order valence-electron chi connectivity index (χ2n) is 6.56. The predicted octanol–water partition coefficient (Wildman–Crippen LogP) is 4.09. The molecule has 0 N–H and O–H groups in total. The van der Waals surface area contributed by atoms with Gasteiger partial charge in [-0.3, -0.25) is 0 Å². The van der Waals surface area contributed by atoms with E-state index in [-0.39, 0.29) is 6.61 Å². The van der Waals surface area contributed by atoms with Crippen LogP contribution in [0.5, 0.6) is 11.5 Å². The van der Waals surface area contributed by atoms with E-state index in [2.05, 4.69) is 0 Å². The van der Waals surface area contributed by atoms with E-state index in [0.29, 0.717) is 28.2 Å². The van der Waals surface area contributed by atoms with Gasteiger partial charge in [0.2, 0.25) is 0 Å². The highest BCUT2D eigenvalue weighted by Crippen LogP contribution is 2.30. The second kappa shape index (κ2) is 7.76. The van der Waals surface area contributed by atoms with Crippen molar-refractivity contribution in [3.05, 3.63) is 68.6 Å². The number of carbonyl (C=O) groups excluding carboxylic acids is 1. The third-order valence-corrected chi connectivity index (χ3v) is 4.86. The van der Waals surface area contributed by atoms with Gasteiger partial charge in [0.25, 0.3) is 0 Å². The summed E-state index contributed by atoms with van der Waals surface area (Å²) in [5.41, 5.74) is 3.62. The molecule has 28 heavy (non-hydrogen) atoms. The molecule has 1 aromatic heterocycles. The number of ether oxygens (including phenoxy) is 3. The molecule has 6 nitrogen and oxygen atoms in total. The van der Waals surface area contributed by atoms with E-state index in [0.717, 1.165) is 22.1 Å². The van der Waals surface area contributed by atoms with Crippen LogP contribution in [0.4, 0.5) is 0 Å². The third-order valence-electron chi connectivity index (χ3n) is 4.86. The summed E-state index contributed by atoms with van der Waals surface area (Å²) in [5.74, 6) is 0.522. The summed E-state index contributed by atoms with van der Waals surface area (Å²) in [6.07, 6.45) is 0. The van der Waals surface area contributed by atoms with Crippen LogP contribution in [0.2, 0.25) is 0 Å². The average Bonchev–Trinajstić information content (AvgIpc) is 2.69. The molecule has 0 fully saturated rings. The minimum Gasteiger partial charge on any atom is -0.496 e. The normalized spacial score (nSPS) is 10.8. The first kappa shape index (κ1) is 19.5. The van der Waals surface area contributed by atoms with Gasteiger partial charge in [-0.15, -0.1) is 0 Å². The van der Waals surface area contributed by atoms with E-state index in [1.165, 1.54) is 20.3 Å². The van der Waals surface area contributed by atoms with Crippen molar-refractivity contribution in [3.8, 4) is 11.5 Å². The molecular formula is C22H22O6. The van der Waals surface area contributed by atoms with Gasteiger partial charge in [-0.2, -0.15) is 0 Å². The summed E-state index contributed by atoms with van der Waals surface area (Å²) in [4.78, 5) is 24.5. The van der Waals surface area contributed by atoms with Crippen molar-refractivity contribution in [1.82, 2.24) is 0 Å². The third kappa shape index (κ3) is 3.58. The van der Waals surface area contributed by atoms with Gasteiger partial charge in [-0.05, 0) is 44.0 Å². The number of aryl methyl sites for hydroxylation is 2. The number of hydrogen-bond acceptors (Lipinski definition) is 6. The number of hydrogen-bond donors (Lipinski definition) is 0. The van der Waals surface area contributed by atoms with Gasteiger partial charge in [0, 0.05) is 22.6 Å². The molecule has 0 radical (unpaired) electrons. The predicted molar refractivity (Wildman–Crippen MR) is 105 cm³/mol. The number of fused-ring (bicyclic) bond motifs is 1. The Balaban J connectivity index is 1.92. The standard InChI is InChI=1S/C22H22O6/c1-12-6-7-17-16(10-20(23)28-21(17)13(12)2)11-27-22(24)15-8-18(25-4)14(3)19(9-15)26-5/h6-10H,11H2,1-5H3. The first-order valence-electron chi connectivity index (χ1n) is 8.78. The zero-order valence-electron chi connectivity index (χ0n) is 16.5. The van der Waals surface area contributed by atoms with Crippen molar-refractivity contribution in [1.29, 1.82) is 0 Å². The van der Waals surface area contributed by atoms with E-state index in [4.69, 9.17) is 18.6 Å². The van der Waals surface area contributed by atoms with E-state index in [1.807, 2.05) is 32.9 Å². The highest BCUT2D eigenvalue weighted by atomic mass is 16.5. The summed E-state index contributed by atoms with van der Waals surface area (Å²) in [6, 6.07) is 8.36. The lowest BCUT2D eigenvalue weighted by Gasteiger charge is -2.13.